The summed E-state index contributed by atoms with van der Waals surface area (Å²) < 4.78 is 0. The van der Waals surface area contributed by atoms with E-state index in [1.807, 2.05) is 12.1 Å². The van der Waals surface area contributed by atoms with Crippen molar-refractivity contribution in [3.8, 4) is 0 Å². The molecule has 1 heterocycles. The molecule has 0 N–H and O–H groups in total. The van der Waals surface area contributed by atoms with Crippen LogP contribution in [0.3, 0.4) is 0 Å². The summed E-state index contributed by atoms with van der Waals surface area (Å²) in [4.78, 5) is 28.1. The minimum absolute atomic E-state index is 0.119. The van der Waals surface area contributed by atoms with E-state index in [1.54, 1.807) is 18.2 Å². The van der Waals surface area contributed by atoms with Gasteiger partial charge in [0.25, 0.3) is 0 Å². The Morgan fingerprint density at radius 2 is 1.72 bits per heavy atom. The van der Waals surface area contributed by atoms with Gasteiger partial charge >= 0.3 is 0 Å². The van der Waals surface area contributed by atoms with Gasteiger partial charge in [0, 0.05) is 28.9 Å². The first-order valence-corrected chi connectivity index (χ1v) is 10.6. The lowest BCUT2D eigenvalue weighted by molar-refractivity contribution is 0.0990. The van der Waals surface area contributed by atoms with E-state index < -0.39 is 0 Å². The van der Waals surface area contributed by atoms with Crippen molar-refractivity contribution >= 4 is 23.3 Å². The van der Waals surface area contributed by atoms with E-state index in [-0.39, 0.29) is 22.7 Å². The van der Waals surface area contributed by atoms with E-state index in [2.05, 4.69) is 51.7 Å². The van der Waals surface area contributed by atoms with Crippen LogP contribution in [0.25, 0.3) is 6.08 Å². The Morgan fingerprint density at radius 3 is 2.31 bits per heavy atom. The smallest absolute Gasteiger partial charge is 0.197 e. The number of hydrogen-bond acceptors (Lipinski definition) is 3. The standard InChI is InChI=1S/C26H29NO2/c1-6-11-27-23-12-16(2)18(13-21(23)17(3)15-26(27,4)5)14-22-24(28)19-9-7-8-10-20(19)25(22)29/h7-10,12-14,17H,6,11,15H2,1-5H3. The molecule has 0 saturated heterocycles. The molecule has 3 heteroatoms. The van der Waals surface area contributed by atoms with E-state index in [1.165, 1.54) is 11.3 Å². The zero-order chi connectivity index (χ0) is 20.9. The number of Topliss-reactive ketones (excluding diaryl/α,β-unsaturated/α-hetero) is 2. The van der Waals surface area contributed by atoms with Crippen LogP contribution in [-0.4, -0.2) is 23.7 Å². The topological polar surface area (TPSA) is 37.4 Å². The number of aryl methyl sites for hydroxylation is 1. The number of nitrogens with zero attached hydrogens (tertiary/aromatic N) is 1. The Kier molecular flexibility index (Phi) is 4.72. The van der Waals surface area contributed by atoms with Crippen molar-refractivity contribution in [2.75, 3.05) is 11.4 Å². The maximum absolute atomic E-state index is 12.8. The summed E-state index contributed by atoms with van der Waals surface area (Å²) in [7, 11) is 0. The number of rotatable bonds is 3. The van der Waals surface area contributed by atoms with E-state index >= 15 is 0 Å². The summed E-state index contributed by atoms with van der Waals surface area (Å²) in [5.41, 5.74) is 6.10. The number of fused-ring (bicyclic) bond motifs is 2. The highest BCUT2D eigenvalue weighted by molar-refractivity contribution is 6.41. The highest BCUT2D eigenvalue weighted by atomic mass is 16.2. The van der Waals surface area contributed by atoms with E-state index in [9.17, 15) is 9.59 Å². The molecule has 4 rings (SSSR count). The van der Waals surface area contributed by atoms with Crippen LogP contribution < -0.4 is 4.90 Å². The summed E-state index contributed by atoms with van der Waals surface area (Å²) in [6, 6.07) is 11.5. The van der Waals surface area contributed by atoms with Gasteiger partial charge in [0.2, 0.25) is 0 Å². The third-order valence-corrected chi connectivity index (χ3v) is 6.43. The van der Waals surface area contributed by atoms with Crippen LogP contribution in [0.2, 0.25) is 0 Å². The van der Waals surface area contributed by atoms with Crippen molar-refractivity contribution in [2.24, 2.45) is 0 Å². The molecular weight excluding hydrogens is 358 g/mol. The lowest BCUT2D eigenvalue weighted by Gasteiger charge is -2.48. The molecule has 2 aromatic carbocycles. The molecule has 1 aliphatic carbocycles. The van der Waals surface area contributed by atoms with Crippen LogP contribution in [-0.2, 0) is 0 Å². The second-order valence-electron chi connectivity index (χ2n) is 9.10. The minimum atomic E-state index is -0.162. The number of anilines is 1. The highest BCUT2D eigenvalue weighted by Crippen LogP contribution is 2.44. The molecule has 0 radical (unpaired) electrons. The lowest BCUT2D eigenvalue weighted by atomic mass is 9.78. The summed E-state index contributed by atoms with van der Waals surface area (Å²) in [5.74, 6) is 0.104. The maximum Gasteiger partial charge on any atom is 0.197 e. The van der Waals surface area contributed by atoms with Gasteiger partial charge in [-0.25, -0.2) is 0 Å². The van der Waals surface area contributed by atoms with Crippen LogP contribution in [0, 0.1) is 6.92 Å². The molecule has 0 aromatic heterocycles. The van der Waals surface area contributed by atoms with Crippen LogP contribution >= 0.6 is 0 Å². The average Bonchev–Trinajstić information content (AvgIpc) is 2.91. The van der Waals surface area contributed by atoms with Crippen molar-refractivity contribution in [1.82, 2.24) is 0 Å². The monoisotopic (exact) mass is 387 g/mol. The molecule has 2 aliphatic rings. The second-order valence-corrected chi connectivity index (χ2v) is 9.10. The zero-order valence-corrected chi connectivity index (χ0v) is 18.0. The van der Waals surface area contributed by atoms with Gasteiger partial charge < -0.3 is 4.90 Å². The molecular formula is C26H29NO2. The van der Waals surface area contributed by atoms with Gasteiger partial charge in [-0.1, -0.05) is 38.1 Å². The zero-order valence-electron chi connectivity index (χ0n) is 18.0. The third kappa shape index (κ3) is 3.13. The van der Waals surface area contributed by atoms with Gasteiger partial charge in [-0.05, 0) is 74.4 Å². The molecule has 0 fully saturated rings. The van der Waals surface area contributed by atoms with Gasteiger partial charge in [0.05, 0.1) is 5.57 Å². The van der Waals surface area contributed by atoms with Gasteiger partial charge in [-0.2, -0.15) is 0 Å². The number of allylic oxidation sites excluding steroid dienone is 1. The Balaban J connectivity index is 1.81. The lowest BCUT2D eigenvalue weighted by Crippen LogP contribution is -2.48. The molecule has 0 amide bonds. The Morgan fingerprint density at radius 1 is 1.10 bits per heavy atom. The third-order valence-electron chi connectivity index (χ3n) is 6.43. The first-order valence-electron chi connectivity index (χ1n) is 10.6. The number of carbonyl (C=O) groups is 2. The number of benzene rings is 2. The molecule has 0 spiro atoms. The fraction of sp³-hybridized carbons (Fsp3) is 0.385. The molecule has 2 aromatic rings. The fourth-order valence-electron chi connectivity index (χ4n) is 5.01. The number of hydrogen-bond donors (Lipinski definition) is 0. The summed E-state index contributed by atoms with van der Waals surface area (Å²) in [6.07, 6.45) is 3.99. The summed E-state index contributed by atoms with van der Waals surface area (Å²) in [6.45, 7) is 12.2. The first-order chi connectivity index (χ1) is 13.7. The number of carbonyl (C=O) groups excluding carboxylic acids is 2. The SMILES string of the molecule is CCCN1c2cc(C)c(C=C3C(=O)c4ccccc4C3=O)cc2C(C)CC1(C)C. The summed E-state index contributed by atoms with van der Waals surface area (Å²) >= 11 is 0. The van der Waals surface area contributed by atoms with E-state index in [0.717, 1.165) is 30.5 Å². The number of ketones is 2. The normalized spacial score (nSPS) is 20.0. The van der Waals surface area contributed by atoms with Crippen LogP contribution in [0.5, 0.6) is 0 Å². The van der Waals surface area contributed by atoms with Crippen LogP contribution in [0.4, 0.5) is 5.69 Å². The molecule has 150 valence electrons. The van der Waals surface area contributed by atoms with Crippen LogP contribution in [0.1, 0.15) is 83.9 Å². The molecule has 0 bridgehead atoms. The molecule has 1 aliphatic heterocycles. The largest absolute Gasteiger partial charge is 0.366 e. The molecule has 3 nitrogen and oxygen atoms in total. The predicted molar refractivity (Wildman–Crippen MR) is 119 cm³/mol. The highest BCUT2D eigenvalue weighted by Gasteiger charge is 2.37. The van der Waals surface area contributed by atoms with Crippen molar-refractivity contribution in [3.05, 3.63) is 69.8 Å². The van der Waals surface area contributed by atoms with Crippen molar-refractivity contribution in [1.29, 1.82) is 0 Å². The maximum atomic E-state index is 12.8. The minimum Gasteiger partial charge on any atom is -0.366 e. The molecule has 1 atom stereocenters. The average molecular weight is 388 g/mol. The fourth-order valence-corrected chi connectivity index (χ4v) is 5.01. The van der Waals surface area contributed by atoms with Crippen molar-refractivity contribution < 1.29 is 9.59 Å². The van der Waals surface area contributed by atoms with Gasteiger partial charge in [0.15, 0.2) is 11.6 Å². The first kappa shape index (κ1) is 19.6. The quantitative estimate of drug-likeness (QED) is 0.482. The van der Waals surface area contributed by atoms with E-state index in [0.29, 0.717) is 17.0 Å². The predicted octanol–water partition coefficient (Wildman–Crippen LogP) is 5.96. The van der Waals surface area contributed by atoms with Gasteiger partial charge in [0.1, 0.15) is 0 Å². The molecule has 1 unspecified atom stereocenters. The molecule has 29 heavy (non-hydrogen) atoms. The van der Waals surface area contributed by atoms with Gasteiger partial charge in [-0.15, -0.1) is 0 Å². The Hall–Kier alpha value is -2.68. The Bertz CT molecular complexity index is 1010. The van der Waals surface area contributed by atoms with Crippen molar-refractivity contribution in [3.63, 3.8) is 0 Å². The van der Waals surface area contributed by atoms with Gasteiger partial charge in [-0.3, -0.25) is 9.59 Å². The Labute approximate surface area is 173 Å². The summed E-state index contributed by atoms with van der Waals surface area (Å²) in [5, 5.41) is 0. The van der Waals surface area contributed by atoms with E-state index in [4.69, 9.17) is 0 Å². The van der Waals surface area contributed by atoms with Crippen molar-refractivity contribution in [2.45, 2.75) is 58.9 Å². The second kappa shape index (κ2) is 6.98. The van der Waals surface area contributed by atoms with Crippen LogP contribution in [0.15, 0.2) is 42.0 Å². The molecule has 0 saturated carbocycles.